The van der Waals surface area contributed by atoms with Crippen molar-refractivity contribution in [3.05, 3.63) is 82.5 Å². The molecule has 0 saturated carbocycles. The molecule has 0 aliphatic carbocycles. The van der Waals surface area contributed by atoms with Gasteiger partial charge in [-0.3, -0.25) is 0 Å². The number of rotatable bonds is 3. The second kappa shape index (κ2) is 6.67. The molecule has 2 nitrogen and oxygen atoms in total. The highest BCUT2D eigenvalue weighted by Gasteiger charge is 1.99. The Morgan fingerprint density at radius 1 is 1.04 bits per heavy atom. The summed E-state index contributed by atoms with van der Waals surface area (Å²) in [5, 5.41) is 11.5. The van der Waals surface area contributed by atoms with Gasteiger partial charge in [-0.1, -0.05) is 48.0 Å². The molecule has 0 spiro atoms. The third-order valence-electron chi connectivity index (χ3n) is 3.58. The van der Waals surface area contributed by atoms with Crippen LogP contribution in [0.5, 0.6) is 0 Å². The molecule has 23 heavy (non-hydrogen) atoms. The molecular weight excluding hydrogens is 306 g/mol. The number of hydrogen-bond donors (Lipinski definition) is 1. The van der Waals surface area contributed by atoms with Gasteiger partial charge in [0.1, 0.15) is 5.76 Å². The summed E-state index contributed by atoms with van der Waals surface area (Å²) in [7, 11) is 0. The summed E-state index contributed by atoms with van der Waals surface area (Å²) < 4.78 is 0. The van der Waals surface area contributed by atoms with Gasteiger partial charge in [0.25, 0.3) is 0 Å². The van der Waals surface area contributed by atoms with Gasteiger partial charge >= 0.3 is 0 Å². The quantitative estimate of drug-likeness (QED) is 0.602. The standard InChI is InChI=1S/C20H16ClNO/c1-2-20(23)16-5-3-4-14(12-16)6-10-18-11-8-15-7-9-17(21)13-19(15)22-18/h2-13,23H,1H3/b10-6?,20-2+. The summed E-state index contributed by atoms with van der Waals surface area (Å²) >= 11 is 6.02. The van der Waals surface area contributed by atoms with E-state index in [9.17, 15) is 5.11 Å². The smallest absolute Gasteiger partial charge is 0.118 e. The molecule has 3 rings (SSSR count). The van der Waals surface area contributed by atoms with E-state index in [4.69, 9.17) is 11.6 Å². The molecule has 0 bridgehead atoms. The van der Waals surface area contributed by atoms with Crippen LogP contribution in [-0.2, 0) is 0 Å². The molecule has 0 aliphatic heterocycles. The molecule has 0 fully saturated rings. The van der Waals surface area contributed by atoms with Crippen molar-refractivity contribution >= 4 is 40.4 Å². The number of allylic oxidation sites excluding steroid dienone is 1. The third kappa shape index (κ3) is 3.61. The minimum absolute atomic E-state index is 0.277. The summed E-state index contributed by atoms with van der Waals surface area (Å²) in [6, 6.07) is 17.4. The van der Waals surface area contributed by atoms with E-state index >= 15 is 0 Å². The normalized spacial score (nSPS) is 12.2. The van der Waals surface area contributed by atoms with E-state index in [0.29, 0.717) is 5.02 Å². The second-order valence-electron chi connectivity index (χ2n) is 5.21. The number of hydrogen-bond acceptors (Lipinski definition) is 2. The van der Waals surface area contributed by atoms with Gasteiger partial charge in [-0.15, -0.1) is 0 Å². The maximum Gasteiger partial charge on any atom is 0.118 e. The Hall–Kier alpha value is -2.58. The SMILES string of the molecule is C/C=C(/O)c1cccc(C=Cc2ccc3ccc(Cl)cc3n2)c1. The Morgan fingerprint density at radius 2 is 1.87 bits per heavy atom. The fourth-order valence-corrected chi connectivity index (χ4v) is 2.52. The molecule has 3 aromatic rings. The molecule has 2 aromatic carbocycles. The van der Waals surface area contributed by atoms with Crippen molar-refractivity contribution in [1.29, 1.82) is 0 Å². The maximum absolute atomic E-state index is 9.80. The molecule has 3 heteroatoms. The summed E-state index contributed by atoms with van der Waals surface area (Å²) in [5.74, 6) is 0.277. The summed E-state index contributed by atoms with van der Waals surface area (Å²) in [6.07, 6.45) is 5.61. The van der Waals surface area contributed by atoms with Crippen LogP contribution in [0.15, 0.2) is 60.7 Å². The summed E-state index contributed by atoms with van der Waals surface area (Å²) in [5.41, 5.74) is 3.54. The molecule has 1 N–H and O–H groups in total. The fourth-order valence-electron chi connectivity index (χ4n) is 2.35. The Bertz CT molecular complexity index is 912. The molecule has 114 valence electrons. The molecular formula is C20H16ClNO. The van der Waals surface area contributed by atoms with Crippen LogP contribution in [0.3, 0.4) is 0 Å². The monoisotopic (exact) mass is 321 g/mol. The van der Waals surface area contributed by atoms with Crippen molar-refractivity contribution in [2.75, 3.05) is 0 Å². The molecule has 0 atom stereocenters. The Morgan fingerprint density at radius 3 is 2.70 bits per heavy atom. The van der Waals surface area contributed by atoms with Crippen molar-refractivity contribution in [3.8, 4) is 0 Å². The van der Waals surface area contributed by atoms with Gasteiger partial charge in [0.2, 0.25) is 0 Å². The highest BCUT2D eigenvalue weighted by Crippen LogP contribution is 2.19. The molecule has 0 unspecified atom stereocenters. The second-order valence-corrected chi connectivity index (χ2v) is 5.64. The van der Waals surface area contributed by atoms with Crippen molar-refractivity contribution < 1.29 is 5.11 Å². The van der Waals surface area contributed by atoms with Gasteiger partial charge in [-0.2, -0.15) is 0 Å². The minimum Gasteiger partial charge on any atom is -0.508 e. The third-order valence-corrected chi connectivity index (χ3v) is 3.81. The number of aromatic nitrogens is 1. The largest absolute Gasteiger partial charge is 0.508 e. The number of halogens is 1. The van der Waals surface area contributed by atoms with Crippen molar-refractivity contribution in [2.45, 2.75) is 6.92 Å². The number of benzene rings is 2. The zero-order valence-corrected chi connectivity index (χ0v) is 13.5. The first-order valence-electron chi connectivity index (χ1n) is 7.36. The number of fused-ring (bicyclic) bond motifs is 1. The zero-order chi connectivity index (χ0) is 16.2. The van der Waals surface area contributed by atoms with Gasteiger partial charge in [-0.25, -0.2) is 4.98 Å². The van der Waals surface area contributed by atoms with Gasteiger partial charge in [0.05, 0.1) is 11.2 Å². The van der Waals surface area contributed by atoms with Crippen LogP contribution in [0.2, 0.25) is 5.02 Å². The first-order chi connectivity index (χ1) is 11.2. The van der Waals surface area contributed by atoms with Gasteiger partial charge in [-0.05, 0) is 48.9 Å². The van der Waals surface area contributed by atoms with Gasteiger partial charge in [0.15, 0.2) is 0 Å². The molecule has 0 saturated heterocycles. The van der Waals surface area contributed by atoms with Crippen LogP contribution in [0, 0.1) is 0 Å². The van der Waals surface area contributed by atoms with E-state index < -0.39 is 0 Å². The van der Waals surface area contributed by atoms with Crippen LogP contribution in [-0.4, -0.2) is 10.1 Å². The summed E-state index contributed by atoms with van der Waals surface area (Å²) in [6.45, 7) is 1.81. The van der Waals surface area contributed by atoms with Crippen molar-refractivity contribution in [2.24, 2.45) is 0 Å². The summed E-state index contributed by atoms with van der Waals surface area (Å²) in [4.78, 5) is 4.59. The van der Waals surface area contributed by atoms with Gasteiger partial charge < -0.3 is 5.11 Å². The van der Waals surface area contributed by atoms with E-state index in [-0.39, 0.29) is 5.76 Å². The molecule has 0 aliphatic rings. The number of aliphatic hydroxyl groups is 1. The minimum atomic E-state index is 0.277. The number of aliphatic hydroxyl groups excluding tert-OH is 1. The molecule has 1 aromatic heterocycles. The topological polar surface area (TPSA) is 33.1 Å². The lowest BCUT2D eigenvalue weighted by Crippen LogP contribution is -1.84. The van der Waals surface area contributed by atoms with E-state index in [1.807, 2.05) is 73.7 Å². The van der Waals surface area contributed by atoms with Crippen LogP contribution in [0.25, 0.3) is 28.8 Å². The first-order valence-corrected chi connectivity index (χ1v) is 7.73. The predicted octanol–water partition coefficient (Wildman–Crippen LogP) is 5.98. The Kier molecular flexibility index (Phi) is 4.45. The predicted molar refractivity (Wildman–Crippen MR) is 98.4 cm³/mol. The van der Waals surface area contributed by atoms with Crippen LogP contribution in [0.4, 0.5) is 0 Å². The lowest BCUT2D eigenvalue weighted by Gasteiger charge is -2.02. The van der Waals surface area contributed by atoms with E-state index in [2.05, 4.69) is 4.98 Å². The molecule has 0 amide bonds. The van der Waals surface area contributed by atoms with Gasteiger partial charge in [0, 0.05) is 16.0 Å². The number of nitrogens with zero attached hydrogens (tertiary/aromatic N) is 1. The lowest BCUT2D eigenvalue weighted by atomic mass is 10.1. The molecule has 1 heterocycles. The zero-order valence-electron chi connectivity index (χ0n) is 12.7. The maximum atomic E-state index is 9.80. The average molecular weight is 322 g/mol. The van der Waals surface area contributed by atoms with E-state index in [1.54, 1.807) is 6.08 Å². The van der Waals surface area contributed by atoms with Crippen LogP contribution < -0.4 is 0 Å². The van der Waals surface area contributed by atoms with E-state index in [0.717, 1.165) is 27.7 Å². The number of pyridine rings is 1. The Labute approximate surface area is 140 Å². The average Bonchev–Trinajstić information content (AvgIpc) is 2.59. The highest BCUT2D eigenvalue weighted by molar-refractivity contribution is 6.31. The van der Waals surface area contributed by atoms with Crippen molar-refractivity contribution in [3.63, 3.8) is 0 Å². The van der Waals surface area contributed by atoms with Crippen LogP contribution in [0.1, 0.15) is 23.7 Å². The highest BCUT2D eigenvalue weighted by atomic mass is 35.5. The van der Waals surface area contributed by atoms with E-state index in [1.165, 1.54) is 0 Å². The fraction of sp³-hybridized carbons (Fsp3) is 0.0500. The lowest BCUT2D eigenvalue weighted by molar-refractivity contribution is 0.511. The van der Waals surface area contributed by atoms with Crippen molar-refractivity contribution in [1.82, 2.24) is 4.98 Å². The molecule has 0 radical (unpaired) electrons. The Balaban J connectivity index is 1.90. The first kappa shape index (κ1) is 15.3. The van der Waals surface area contributed by atoms with Crippen LogP contribution >= 0.6 is 11.6 Å².